The number of aromatic nitrogens is 2. The molecule has 0 fully saturated rings. The Balaban J connectivity index is 2.29. The summed E-state index contributed by atoms with van der Waals surface area (Å²) in [6.07, 6.45) is 5.48. The van der Waals surface area contributed by atoms with Gasteiger partial charge in [0.15, 0.2) is 0 Å². The van der Waals surface area contributed by atoms with E-state index in [0.29, 0.717) is 34.3 Å². The molecule has 7 heteroatoms. The van der Waals surface area contributed by atoms with Crippen molar-refractivity contribution in [2.45, 2.75) is 27.3 Å². The number of rotatable bonds is 8. The van der Waals surface area contributed by atoms with Crippen LogP contribution in [0.1, 0.15) is 41.2 Å². The van der Waals surface area contributed by atoms with Crippen molar-refractivity contribution in [1.82, 2.24) is 14.9 Å². The summed E-state index contributed by atoms with van der Waals surface area (Å²) in [5, 5.41) is 2.44. The fourth-order valence-electron chi connectivity index (χ4n) is 3.44. The molecule has 0 aliphatic heterocycles. The number of amides is 1. The largest absolute Gasteiger partial charge is 0.461 e. The van der Waals surface area contributed by atoms with Crippen LogP contribution in [-0.2, 0) is 16.1 Å². The first-order valence-electron chi connectivity index (χ1n) is 9.91. The van der Waals surface area contributed by atoms with Crippen molar-refractivity contribution in [3.05, 3.63) is 83.1 Å². The van der Waals surface area contributed by atoms with E-state index in [0.717, 1.165) is 11.3 Å². The highest BCUT2D eigenvalue weighted by Crippen LogP contribution is 2.32. The van der Waals surface area contributed by atoms with Gasteiger partial charge in [0, 0.05) is 23.0 Å². The zero-order valence-corrected chi connectivity index (χ0v) is 17.7. The number of halogens is 1. The van der Waals surface area contributed by atoms with E-state index in [1.165, 1.54) is 12.3 Å². The first-order chi connectivity index (χ1) is 15.0. The number of nitrogens with one attached hydrogen (secondary N) is 1. The number of nitrogens with zero attached hydrogens (tertiary/aromatic N) is 2. The molecule has 1 aromatic carbocycles. The van der Waals surface area contributed by atoms with Crippen LogP contribution in [0.4, 0.5) is 4.39 Å². The lowest BCUT2D eigenvalue weighted by Crippen LogP contribution is -2.15. The molecule has 0 unspecified atom stereocenters. The molecule has 1 N–H and O–H groups in total. The summed E-state index contributed by atoms with van der Waals surface area (Å²) in [5.74, 6) is -0.858. The Morgan fingerprint density at radius 2 is 2.03 bits per heavy atom. The van der Waals surface area contributed by atoms with E-state index in [-0.39, 0.29) is 19.0 Å². The Labute approximate surface area is 180 Å². The zero-order chi connectivity index (χ0) is 22.4. The molecule has 3 aromatic rings. The second-order valence-electron chi connectivity index (χ2n) is 6.94. The van der Waals surface area contributed by atoms with Crippen molar-refractivity contribution in [2.24, 2.45) is 0 Å². The number of ether oxygens (including phenoxy) is 1. The average molecular weight is 421 g/mol. The van der Waals surface area contributed by atoms with Gasteiger partial charge in [0.1, 0.15) is 11.5 Å². The van der Waals surface area contributed by atoms with Crippen molar-refractivity contribution < 1.29 is 18.7 Å². The first kappa shape index (κ1) is 22.0. The summed E-state index contributed by atoms with van der Waals surface area (Å²) in [7, 11) is 0. The molecule has 0 radical (unpaired) electrons. The van der Waals surface area contributed by atoms with Gasteiger partial charge in [-0.25, -0.2) is 9.18 Å². The van der Waals surface area contributed by atoms with E-state index in [4.69, 9.17) is 4.74 Å². The second-order valence-corrected chi connectivity index (χ2v) is 6.94. The van der Waals surface area contributed by atoms with Gasteiger partial charge in [-0.15, -0.1) is 0 Å². The number of hydrogen-bond donors (Lipinski definition) is 1. The summed E-state index contributed by atoms with van der Waals surface area (Å²) in [6.45, 7) is 5.81. The van der Waals surface area contributed by atoms with Crippen LogP contribution in [0.2, 0.25) is 0 Å². The highest BCUT2D eigenvalue weighted by molar-refractivity contribution is 6.04. The van der Waals surface area contributed by atoms with Crippen LogP contribution >= 0.6 is 0 Å². The predicted octanol–water partition coefficient (Wildman–Crippen LogP) is 4.37. The van der Waals surface area contributed by atoms with Gasteiger partial charge in [0.05, 0.1) is 24.2 Å². The molecule has 0 aliphatic carbocycles. The van der Waals surface area contributed by atoms with Gasteiger partial charge in [-0.3, -0.25) is 9.78 Å². The van der Waals surface area contributed by atoms with Crippen LogP contribution in [-0.4, -0.2) is 28.5 Å². The van der Waals surface area contributed by atoms with Crippen LogP contribution < -0.4 is 5.32 Å². The number of aryl methyl sites for hydroxylation is 1. The van der Waals surface area contributed by atoms with Crippen LogP contribution in [0, 0.1) is 12.7 Å². The van der Waals surface area contributed by atoms with Crippen LogP contribution in [0.25, 0.3) is 16.6 Å². The molecule has 0 saturated carbocycles. The summed E-state index contributed by atoms with van der Waals surface area (Å²) in [4.78, 5) is 28.2. The maximum Gasteiger partial charge on any atom is 0.355 e. The first-order valence-corrected chi connectivity index (χ1v) is 9.91. The maximum absolute atomic E-state index is 14.4. The van der Waals surface area contributed by atoms with Gasteiger partial charge < -0.3 is 14.6 Å². The number of hydrogen-bond acceptors (Lipinski definition) is 4. The molecule has 160 valence electrons. The lowest BCUT2D eigenvalue weighted by Gasteiger charge is -2.12. The summed E-state index contributed by atoms with van der Waals surface area (Å²) >= 11 is 0. The van der Waals surface area contributed by atoms with Crippen LogP contribution in [0.5, 0.6) is 0 Å². The van der Waals surface area contributed by atoms with E-state index >= 15 is 0 Å². The molecule has 0 atom stereocenters. The summed E-state index contributed by atoms with van der Waals surface area (Å²) < 4.78 is 21.5. The number of fused-ring (bicyclic) bond motifs is 1. The molecule has 31 heavy (non-hydrogen) atoms. The van der Waals surface area contributed by atoms with Crippen molar-refractivity contribution >= 4 is 29.0 Å². The quantitative estimate of drug-likeness (QED) is 0.333. The van der Waals surface area contributed by atoms with E-state index in [9.17, 15) is 14.0 Å². The Bertz CT molecular complexity index is 1180. The number of esters is 1. The minimum absolute atomic E-state index is 0.151. The van der Waals surface area contributed by atoms with E-state index < -0.39 is 5.97 Å². The second kappa shape index (κ2) is 9.84. The van der Waals surface area contributed by atoms with Crippen molar-refractivity contribution in [3.8, 4) is 0 Å². The minimum Gasteiger partial charge on any atom is -0.461 e. The molecule has 3 rings (SSSR count). The Morgan fingerprint density at radius 3 is 2.74 bits per heavy atom. The monoisotopic (exact) mass is 421 g/mol. The van der Waals surface area contributed by atoms with Crippen molar-refractivity contribution in [2.75, 3.05) is 6.61 Å². The van der Waals surface area contributed by atoms with Gasteiger partial charge in [-0.05, 0) is 50.6 Å². The number of benzene rings is 1. The Kier molecular flexibility index (Phi) is 6.97. The van der Waals surface area contributed by atoms with Gasteiger partial charge in [-0.1, -0.05) is 24.3 Å². The number of pyridine rings is 1. The third kappa shape index (κ3) is 4.71. The van der Waals surface area contributed by atoms with Crippen LogP contribution in [0.3, 0.4) is 0 Å². The van der Waals surface area contributed by atoms with E-state index in [1.807, 2.05) is 26.0 Å². The highest BCUT2D eigenvalue weighted by atomic mass is 19.1. The molecule has 2 heterocycles. The SMILES string of the molecule is CCOC(=O)c1c(/C(C)=C/C=C\NC=O)c2nc(C)ccc2n1Cc1ccccc1F. The molecule has 0 spiro atoms. The zero-order valence-electron chi connectivity index (χ0n) is 17.7. The van der Waals surface area contributed by atoms with Crippen LogP contribution in [0.15, 0.2) is 54.8 Å². The molecule has 0 bridgehead atoms. The van der Waals surface area contributed by atoms with Gasteiger partial charge in [0.25, 0.3) is 0 Å². The van der Waals surface area contributed by atoms with Gasteiger partial charge in [-0.2, -0.15) is 0 Å². The summed E-state index contributed by atoms with van der Waals surface area (Å²) in [6, 6.07) is 10.2. The highest BCUT2D eigenvalue weighted by Gasteiger charge is 2.26. The molecular formula is C24H24FN3O3. The lowest BCUT2D eigenvalue weighted by molar-refractivity contribution is -0.108. The maximum atomic E-state index is 14.4. The Morgan fingerprint density at radius 1 is 1.26 bits per heavy atom. The van der Waals surface area contributed by atoms with Crippen molar-refractivity contribution in [3.63, 3.8) is 0 Å². The average Bonchev–Trinajstić information content (AvgIpc) is 3.06. The van der Waals surface area contributed by atoms with E-state index in [2.05, 4.69) is 10.3 Å². The molecule has 2 aromatic heterocycles. The molecular weight excluding hydrogens is 397 g/mol. The number of carbonyl (C=O) groups is 2. The topological polar surface area (TPSA) is 73.2 Å². The third-order valence-corrected chi connectivity index (χ3v) is 4.80. The Hall–Kier alpha value is -3.74. The fraction of sp³-hybridized carbons (Fsp3) is 0.208. The molecule has 1 amide bonds. The third-order valence-electron chi connectivity index (χ3n) is 4.80. The standard InChI is InChI=1S/C24H24FN3O3/c1-4-31-24(30)23-21(16(2)8-7-13-26-15-29)22-20(12-11-17(3)27-22)28(23)14-18-9-5-6-10-19(18)25/h5-13,15H,4,14H2,1-3H3,(H,26,29)/b13-7-,16-8+. The van der Waals surface area contributed by atoms with Crippen molar-refractivity contribution in [1.29, 1.82) is 0 Å². The van der Waals surface area contributed by atoms with Gasteiger partial charge >= 0.3 is 5.97 Å². The van der Waals surface area contributed by atoms with E-state index in [1.54, 1.807) is 41.8 Å². The normalized spacial score (nSPS) is 11.8. The number of carbonyl (C=O) groups excluding carboxylic acids is 2. The smallest absolute Gasteiger partial charge is 0.355 e. The number of allylic oxidation sites excluding steroid dienone is 3. The lowest BCUT2D eigenvalue weighted by atomic mass is 10.1. The predicted molar refractivity (Wildman–Crippen MR) is 118 cm³/mol. The molecule has 0 aliphatic rings. The minimum atomic E-state index is -0.507. The fourth-order valence-corrected chi connectivity index (χ4v) is 3.44. The van der Waals surface area contributed by atoms with Gasteiger partial charge in [0.2, 0.25) is 6.41 Å². The summed E-state index contributed by atoms with van der Waals surface area (Å²) in [5.41, 5.74) is 4.25. The molecule has 0 saturated heterocycles. The molecule has 6 nitrogen and oxygen atoms in total.